The number of ether oxygens (including phenoxy) is 2. The van der Waals surface area contributed by atoms with E-state index in [4.69, 9.17) is 21.1 Å². The van der Waals surface area contributed by atoms with Gasteiger partial charge in [-0.15, -0.1) is 12.4 Å². The van der Waals surface area contributed by atoms with Crippen LogP contribution in [0.3, 0.4) is 0 Å². The van der Waals surface area contributed by atoms with Crippen LogP contribution in [0.1, 0.15) is 16.8 Å². The van der Waals surface area contributed by atoms with E-state index in [9.17, 15) is 0 Å². The minimum atomic E-state index is 0. The second kappa shape index (κ2) is 10.8. The molecule has 0 aliphatic heterocycles. The highest BCUT2D eigenvalue weighted by atomic mass is 35.5. The van der Waals surface area contributed by atoms with Crippen LogP contribution in [-0.2, 0) is 19.7 Å². The molecule has 0 fully saturated rings. The summed E-state index contributed by atoms with van der Waals surface area (Å²) in [5.74, 6) is 1.19. The molecule has 1 heterocycles. The Hall–Kier alpha value is -2.27. The van der Waals surface area contributed by atoms with Crippen LogP contribution >= 0.6 is 24.0 Å². The number of aromatic nitrogens is 1. The molecule has 0 radical (unpaired) electrons. The summed E-state index contributed by atoms with van der Waals surface area (Å²) in [5, 5.41) is 3.89. The van der Waals surface area contributed by atoms with Crippen molar-refractivity contribution in [2.75, 3.05) is 7.11 Å². The first-order chi connectivity index (χ1) is 12.8. The molecule has 0 aliphatic rings. The lowest BCUT2D eigenvalue weighted by molar-refractivity contribution is 0.284. The van der Waals surface area contributed by atoms with Crippen molar-refractivity contribution in [3.63, 3.8) is 0 Å². The molecule has 0 bridgehead atoms. The Balaban J connectivity index is 0.00000261. The predicted octanol–water partition coefficient (Wildman–Crippen LogP) is 5.03. The van der Waals surface area contributed by atoms with Gasteiger partial charge in [0.05, 0.1) is 17.8 Å². The minimum absolute atomic E-state index is 0. The summed E-state index contributed by atoms with van der Waals surface area (Å²) < 4.78 is 11.4. The van der Waals surface area contributed by atoms with Crippen molar-refractivity contribution in [3.05, 3.63) is 88.7 Å². The van der Waals surface area contributed by atoms with Gasteiger partial charge in [-0.3, -0.25) is 4.98 Å². The Morgan fingerprint density at radius 2 is 1.74 bits per heavy atom. The lowest BCUT2D eigenvalue weighted by Crippen LogP contribution is -2.13. The van der Waals surface area contributed by atoms with E-state index in [0.717, 1.165) is 16.8 Å². The van der Waals surface area contributed by atoms with Gasteiger partial charge in [0.2, 0.25) is 0 Å². The zero-order valence-corrected chi connectivity index (χ0v) is 16.6. The third-order valence-electron chi connectivity index (χ3n) is 3.88. The van der Waals surface area contributed by atoms with E-state index in [1.165, 1.54) is 0 Å². The molecule has 0 spiro atoms. The highest BCUT2D eigenvalue weighted by Crippen LogP contribution is 2.37. The SMILES string of the molecule is COc1cc(CNCc2ccccn2)cc(Cl)c1OCc1ccccc1.Cl. The molecule has 0 atom stereocenters. The highest BCUT2D eigenvalue weighted by molar-refractivity contribution is 6.32. The molecule has 0 aliphatic carbocycles. The van der Waals surface area contributed by atoms with Gasteiger partial charge in [0.25, 0.3) is 0 Å². The van der Waals surface area contributed by atoms with Gasteiger partial charge in [-0.05, 0) is 35.4 Å². The number of nitrogens with one attached hydrogen (secondary N) is 1. The number of hydrogen-bond donors (Lipinski definition) is 1. The van der Waals surface area contributed by atoms with Crippen molar-refractivity contribution in [1.29, 1.82) is 0 Å². The van der Waals surface area contributed by atoms with Crippen molar-refractivity contribution >= 4 is 24.0 Å². The first-order valence-electron chi connectivity index (χ1n) is 8.40. The zero-order chi connectivity index (χ0) is 18.2. The molecule has 27 heavy (non-hydrogen) atoms. The van der Waals surface area contributed by atoms with Gasteiger partial charge in [0.1, 0.15) is 6.61 Å². The monoisotopic (exact) mass is 404 g/mol. The first kappa shape index (κ1) is 21.0. The highest BCUT2D eigenvalue weighted by Gasteiger charge is 2.12. The third-order valence-corrected chi connectivity index (χ3v) is 4.16. The predicted molar refractivity (Wildman–Crippen MR) is 111 cm³/mol. The van der Waals surface area contributed by atoms with Crippen molar-refractivity contribution in [1.82, 2.24) is 10.3 Å². The Morgan fingerprint density at radius 3 is 2.44 bits per heavy atom. The second-order valence-electron chi connectivity index (χ2n) is 5.81. The number of hydrogen-bond acceptors (Lipinski definition) is 4. The van der Waals surface area contributed by atoms with Crippen molar-refractivity contribution < 1.29 is 9.47 Å². The Morgan fingerprint density at radius 1 is 0.963 bits per heavy atom. The molecule has 3 aromatic rings. The topological polar surface area (TPSA) is 43.4 Å². The molecule has 6 heteroatoms. The normalized spacial score (nSPS) is 10.1. The quantitative estimate of drug-likeness (QED) is 0.571. The van der Waals surface area contributed by atoms with E-state index in [-0.39, 0.29) is 12.4 Å². The average Bonchev–Trinajstić information content (AvgIpc) is 2.68. The molecule has 0 unspecified atom stereocenters. The number of methoxy groups -OCH3 is 1. The van der Waals surface area contributed by atoms with Crippen LogP contribution in [0, 0.1) is 0 Å². The smallest absolute Gasteiger partial charge is 0.180 e. The molecule has 3 rings (SSSR count). The van der Waals surface area contributed by atoms with E-state index in [1.807, 2.05) is 60.7 Å². The summed E-state index contributed by atoms with van der Waals surface area (Å²) in [6, 6.07) is 19.7. The minimum Gasteiger partial charge on any atom is -0.493 e. The molecule has 0 saturated heterocycles. The van der Waals surface area contributed by atoms with Crippen LogP contribution < -0.4 is 14.8 Å². The van der Waals surface area contributed by atoms with E-state index in [0.29, 0.717) is 36.2 Å². The van der Waals surface area contributed by atoms with Gasteiger partial charge in [0, 0.05) is 19.3 Å². The van der Waals surface area contributed by atoms with Gasteiger partial charge in [-0.1, -0.05) is 48.0 Å². The maximum absolute atomic E-state index is 6.43. The fourth-order valence-corrected chi connectivity index (χ4v) is 2.87. The fourth-order valence-electron chi connectivity index (χ4n) is 2.58. The van der Waals surface area contributed by atoms with Crippen LogP contribution in [0.25, 0.3) is 0 Å². The summed E-state index contributed by atoms with van der Waals surface area (Å²) >= 11 is 6.43. The summed E-state index contributed by atoms with van der Waals surface area (Å²) in [6.07, 6.45) is 1.79. The Labute approximate surface area is 170 Å². The fraction of sp³-hybridized carbons (Fsp3) is 0.190. The molecule has 142 valence electrons. The van der Waals surface area contributed by atoms with Crippen LogP contribution in [0.5, 0.6) is 11.5 Å². The Kier molecular flexibility index (Phi) is 8.40. The molecule has 2 aromatic carbocycles. The number of rotatable bonds is 8. The zero-order valence-electron chi connectivity index (χ0n) is 15.0. The van der Waals surface area contributed by atoms with E-state index in [2.05, 4.69) is 10.3 Å². The molecule has 0 amide bonds. The van der Waals surface area contributed by atoms with Crippen molar-refractivity contribution in [2.24, 2.45) is 0 Å². The van der Waals surface area contributed by atoms with Crippen LogP contribution in [-0.4, -0.2) is 12.1 Å². The Bertz CT molecular complexity index is 830. The van der Waals surface area contributed by atoms with Crippen LogP contribution in [0.15, 0.2) is 66.9 Å². The molecular formula is C21H22Cl2N2O2. The van der Waals surface area contributed by atoms with Gasteiger partial charge >= 0.3 is 0 Å². The molecule has 4 nitrogen and oxygen atoms in total. The number of halogens is 2. The maximum Gasteiger partial charge on any atom is 0.180 e. The summed E-state index contributed by atoms with van der Waals surface area (Å²) in [6.45, 7) is 1.78. The van der Waals surface area contributed by atoms with Crippen molar-refractivity contribution in [2.45, 2.75) is 19.7 Å². The first-order valence-corrected chi connectivity index (χ1v) is 8.78. The number of benzene rings is 2. The van der Waals surface area contributed by atoms with Crippen LogP contribution in [0.4, 0.5) is 0 Å². The summed E-state index contributed by atoms with van der Waals surface area (Å²) in [7, 11) is 1.62. The molecule has 1 N–H and O–H groups in total. The van der Waals surface area contributed by atoms with E-state index >= 15 is 0 Å². The van der Waals surface area contributed by atoms with Gasteiger partial charge in [-0.25, -0.2) is 0 Å². The lowest BCUT2D eigenvalue weighted by Gasteiger charge is -2.14. The largest absolute Gasteiger partial charge is 0.493 e. The number of pyridine rings is 1. The van der Waals surface area contributed by atoms with Crippen LogP contribution in [0.2, 0.25) is 5.02 Å². The lowest BCUT2D eigenvalue weighted by atomic mass is 10.2. The second-order valence-corrected chi connectivity index (χ2v) is 6.22. The third kappa shape index (κ3) is 6.14. The molecule has 0 saturated carbocycles. The standard InChI is InChI=1S/C21H21ClN2O2.ClH/c1-25-20-12-17(13-23-14-18-9-5-6-10-24-18)11-19(22)21(20)26-15-16-7-3-2-4-8-16;/h2-12,23H,13-15H2,1H3;1H. The van der Waals surface area contributed by atoms with Gasteiger partial charge in [-0.2, -0.15) is 0 Å². The maximum atomic E-state index is 6.43. The summed E-state index contributed by atoms with van der Waals surface area (Å²) in [5.41, 5.74) is 3.09. The van der Waals surface area contributed by atoms with Crippen molar-refractivity contribution in [3.8, 4) is 11.5 Å². The summed E-state index contributed by atoms with van der Waals surface area (Å²) in [4.78, 5) is 4.30. The van der Waals surface area contributed by atoms with Gasteiger partial charge in [0.15, 0.2) is 11.5 Å². The molecule has 1 aromatic heterocycles. The number of nitrogens with zero attached hydrogens (tertiary/aromatic N) is 1. The van der Waals surface area contributed by atoms with Gasteiger partial charge < -0.3 is 14.8 Å². The molecular weight excluding hydrogens is 383 g/mol. The average molecular weight is 405 g/mol. The van der Waals surface area contributed by atoms with E-state index < -0.39 is 0 Å². The van der Waals surface area contributed by atoms with E-state index in [1.54, 1.807) is 13.3 Å².